The first-order valence-corrected chi connectivity index (χ1v) is 39.2. The lowest BCUT2D eigenvalue weighted by molar-refractivity contribution is -0.132. The van der Waals surface area contributed by atoms with Crippen molar-refractivity contribution in [1.29, 1.82) is 0 Å². The number of hydrogen-bond acceptors (Lipinski definition) is 11. The summed E-state index contributed by atoms with van der Waals surface area (Å²) in [6.45, 7) is 19.9. The molecule has 1 N–H and O–H groups in total. The summed E-state index contributed by atoms with van der Waals surface area (Å²) in [5.41, 5.74) is 8.87. The van der Waals surface area contributed by atoms with Crippen molar-refractivity contribution >= 4 is 178 Å². The van der Waals surface area contributed by atoms with E-state index in [4.69, 9.17) is 90.7 Å². The Morgan fingerprint density at radius 2 is 0.661 bits per heavy atom. The monoisotopic (exact) mass is 1660 g/mol. The average molecular weight is 1670 g/mol. The number of likely N-dealkylation sites (tertiary alicyclic amines) is 3. The molecular weight excluding hydrogens is 1580 g/mol. The number of halogens is 8. The molecule has 15 rings (SSSR count). The number of aldehydes is 1. The zero-order valence-corrected chi connectivity index (χ0v) is 69.0. The van der Waals surface area contributed by atoms with Crippen molar-refractivity contribution < 1.29 is 47.8 Å². The molecule has 4 saturated carbocycles. The van der Waals surface area contributed by atoms with E-state index in [1.54, 1.807) is 87.5 Å². The molecule has 0 bridgehead atoms. The molecule has 14 nitrogen and oxygen atoms in total. The van der Waals surface area contributed by atoms with Crippen LogP contribution < -0.4 is 5.32 Å². The first kappa shape index (κ1) is 85.8. The quantitative estimate of drug-likeness (QED) is 0.113. The first-order chi connectivity index (χ1) is 52.7. The van der Waals surface area contributed by atoms with E-state index in [0.29, 0.717) is 116 Å². The second-order valence-electron chi connectivity index (χ2n) is 30.9. The Hall–Kier alpha value is -8.64. The molecule has 7 aromatic carbocycles. The molecule has 0 unspecified atom stereocenters. The molecule has 4 heterocycles. The van der Waals surface area contributed by atoms with E-state index in [9.17, 15) is 38.4 Å². The molecule has 22 heteroatoms. The van der Waals surface area contributed by atoms with Crippen molar-refractivity contribution in [3.63, 3.8) is 0 Å². The van der Waals surface area contributed by atoms with E-state index in [-0.39, 0.29) is 58.7 Å². The number of carbonyl (C=O) groups excluding carboxylic acids is 8. The number of nitrogens with zero attached hydrogens (tertiary/aromatic N) is 3. The predicted molar refractivity (Wildman–Crippen MR) is 453 cm³/mol. The Morgan fingerprint density at radius 3 is 0.929 bits per heavy atom. The molecule has 3 amide bonds. The maximum atomic E-state index is 13.2. The van der Waals surface area contributed by atoms with Gasteiger partial charge in [0.25, 0.3) is 0 Å². The summed E-state index contributed by atoms with van der Waals surface area (Å²) >= 11 is 41.4. The number of nitrogens with one attached hydrogen (secondary N) is 1. The molecule has 0 aromatic heterocycles. The van der Waals surface area contributed by atoms with Crippen molar-refractivity contribution in [2.75, 3.05) is 52.4 Å². The highest BCUT2D eigenvalue weighted by Crippen LogP contribution is 2.58. The molecular formula is C90H86Cl8N4O10. The van der Waals surface area contributed by atoms with Crippen LogP contribution in [0.1, 0.15) is 124 Å². The number of ether oxygens (including phenoxy) is 2. The summed E-state index contributed by atoms with van der Waals surface area (Å²) in [5.74, 6) is 0.362. The maximum Gasteiger partial charge on any atom is 0.410 e. The standard InChI is InChI=1S/C26H25Cl2NO3.C24H19Cl2NO2.C21H17Cl2NO.C12H19NO3.C7H5ClO.ClH/c1-25(2,3)32-24(31)29-13-12-26(16-29)21(14-17-4-8-19(27)9-5-17)23(30)22(26)15-18-6-10-20(28)11-7-18;1-2-22(28)27-12-11-24(15-27)20(13-16-3-7-18(25)8-4-16)23(29)21(24)14-17-5-9-19(26)10-6-17;22-16-5-1-14(2-6-16)11-18-20(25)19(21(18)9-10-24-13-21)12-15-3-7-17(23)8-4-15;1-11(2,3)16-10(15)13-5-4-12(8-13)6-9(14)7-12;8-7-3-1-6(5-9)2-4-7;/h4-11,14-15H,12-13,16H2,1-3H3;2-10,13-14H,1,11-12,15H2;1-8,11-12,24H,9-10,13H2;4-8H2,1-3H3;1-5H;1H/b21-14-,22-15-;20-13-,21-14-;18-11-,19-12-;;;. The van der Waals surface area contributed by atoms with Crippen LogP contribution in [-0.4, -0.2) is 126 Å². The van der Waals surface area contributed by atoms with Crippen LogP contribution in [0.2, 0.25) is 35.2 Å². The molecule has 4 spiro atoms. The number of amides is 3. The number of benzene rings is 7. The van der Waals surface area contributed by atoms with E-state index >= 15 is 0 Å². The summed E-state index contributed by atoms with van der Waals surface area (Å²) in [4.78, 5) is 102. The lowest BCUT2D eigenvalue weighted by atomic mass is 9.58. The Morgan fingerprint density at radius 1 is 0.393 bits per heavy atom. The zero-order valence-electron chi connectivity index (χ0n) is 62.9. The van der Waals surface area contributed by atoms with Gasteiger partial charge in [0.15, 0.2) is 17.3 Å². The van der Waals surface area contributed by atoms with Gasteiger partial charge in [0.05, 0.1) is 0 Å². The number of hydrogen-bond donors (Lipinski definition) is 1. The molecule has 0 radical (unpaired) electrons. The molecule has 0 atom stereocenters. The summed E-state index contributed by atoms with van der Waals surface area (Å²) in [7, 11) is 0. The van der Waals surface area contributed by atoms with Crippen molar-refractivity contribution in [3.05, 3.63) is 290 Å². The normalized spacial score (nSPS) is 22.6. The third-order valence-corrected chi connectivity index (χ3v) is 22.5. The van der Waals surface area contributed by atoms with E-state index in [0.717, 1.165) is 94.4 Å². The van der Waals surface area contributed by atoms with Gasteiger partial charge in [-0.25, -0.2) is 9.59 Å². The lowest BCUT2D eigenvalue weighted by Crippen LogP contribution is -2.47. The molecule has 582 valence electrons. The van der Waals surface area contributed by atoms with Crippen LogP contribution in [0.4, 0.5) is 9.59 Å². The van der Waals surface area contributed by atoms with Gasteiger partial charge in [0.1, 0.15) is 23.3 Å². The Kier molecular flexibility index (Phi) is 27.8. The first-order valence-electron chi connectivity index (χ1n) is 36.5. The second kappa shape index (κ2) is 36.2. The predicted octanol–water partition coefficient (Wildman–Crippen LogP) is 21.7. The molecule has 4 aliphatic carbocycles. The Bertz CT molecular complexity index is 4710. The fourth-order valence-corrected chi connectivity index (χ4v) is 15.9. The van der Waals surface area contributed by atoms with E-state index in [1.165, 1.54) is 6.08 Å². The molecule has 8 fully saturated rings. The van der Waals surface area contributed by atoms with E-state index in [2.05, 4.69) is 11.9 Å². The zero-order chi connectivity index (χ0) is 79.8. The van der Waals surface area contributed by atoms with Crippen molar-refractivity contribution in [2.45, 2.75) is 91.3 Å². The van der Waals surface area contributed by atoms with Crippen molar-refractivity contribution in [3.8, 4) is 0 Å². The number of carbonyl (C=O) groups is 8. The fraction of sp³-hybridized carbons (Fsp3) is 0.289. The molecule has 8 aliphatic rings. The summed E-state index contributed by atoms with van der Waals surface area (Å²) in [6, 6.07) is 51.4. The van der Waals surface area contributed by atoms with Gasteiger partial charge in [-0.05, 0) is 235 Å². The van der Waals surface area contributed by atoms with Crippen molar-refractivity contribution in [2.24, 2.45) is 21.7 Å². The topological polar surface area (TPSA) is 177 Å². The van der Waals surface area contributed by atoms with Crippen LogP contribution >= 0.6 is 93.6 Å². The smallest absolute Gasteiger partial charge is 0.410 e. The summed E-state index contributed by atoms with van der Waals surface area (Å²) in [6.07, 6.45) is 17.7. The number of Topliss-reactive ketones (excluding diaryl/α,β-unsaturated/α-hetero) is 4. The van der Waals surface area contributed by atoms with Gasteiger partial charge in [-0.2, -0.15) is 0 Å². The third kappa shape index (κ3) is 20.5. The maximum absolute atomic E-state index is 13.2. The van der Waals surface area contributed by atoms with Gasteiger partial charge in [0.2, 0.25) is 5.91 Å². The lowest BCUT2D eigenvalue weighted by Gasteiger charge is -2.43. The highest BCUT2D eigenvalue weighted by atomic mass is 35.5. The minimum absolute atomic E-state index is 0. The van der Waals surface area contributed by atoms with Crippen LogP contribution in [0.3, 0.4) is 0 Å². The summed E-state index contributed by atoms with van der Waals surface area (Å²) in [5, 5.41) is 8.03. The second-order valence-corrected chi connectivity index (χ2v) is 34.0. The Balaban J connectivity index is 0.000000155. The average Bonchev–Trinajstić information content (AvgIpc) is 1.41. The van der Waals surface area contributed by atoms with E-state index < -0.39 is 22.0 Å². The highest BCUT2D eigenvalue weighted by Gasteiger charge is 2.60. The SMILES string of the molecule is C=CC(=O)N1CCC2(C1)/C(=C\c1ccc(Cl)cc1)C(=O)/C2=C/c1ccc(Cl)cc1.CC(C)(C)OC(=O)N1CCC2(C1)/C(=C\c1ccc(Cl)cc1)C(=O)/C2=C/c1ccc(Cl)cc1.CC(C)(C)OC(=O)N1CCC2(CC(=O)C2)C1.Cl.O=C1/C(=C/c2ccc(Cl)cc2)C2(CCNC2)/C1=C\c1ccc(Cl)cc1.O=Cc1ccc(Cl)cc1. The molecule has 4 saturated heterocycles. The van der Waals surface area contributed by atoms with Crippen LogP contribution in [0, 0.1) is 21.7 Å². The van der Waals surface area contributed by atoms with Gasteiger partial charge < -0.3 is 29.5 Å². The van der Waals surface area contributed by atoms with Gasteiger partial charge >= 0.3 is 12.2 Å². The van der Waals surface area contributed by atoms with Crippen molar-refractivity contribution in [1.82, 2.24) is 20.0 Å². The molecule has 7 aromatic rings. The van der Waals surface area contributed by atoms with Crippen LogP contribution in [-0.2, 0) is 33.4 Å². The highest BCUT2D eigenvalue weighted by molar-refractivity contribution is 6.33. The van der Waals surface area contributed by atoms with E-state index in [1.807, 2.05) is 175 Å². The fourth-order valence-electron chi connectivity index (χ4n) is 15.0. The number of ketones is 4. The van der Waals surface area contributed by atoms with Crippen LogP contribution in [0.25, 0.3) is 36.5 Å². The van der Waals surface area contributed by atoms with Gasteiger partial charge in [-0.1, -0.05) is 173 Å². The number of rotatable bonds is 8. The largest absolute Gasteiger partial charge is 0.444 e. The molecule has 4 aliphatic heterocycles. The van der Waals surface area contributed by atoms with Gasteiger partial charge in [-0.3, -0.25) is 28.8 Å². The van der Waals surface area contributed by atoms with Crippen LogP contribution in [0.15, 0.2) is 216 Å². The third-order valence-electron chi connectivity index (χ3n) is 20.7. The minimum Gasteiger partial charge on any atom is -0.444 e. The van der Waals surface area contributed by atoms with Gasteiger partial charge in [0, 0.05) is 154 Å². The van der Waals surface area contributed by atoms with Crippen LogP contribution in [0.5, 0.6) is 0 Å². The van der Waals surface area contributed by atoms with Gasteiger partial charge in [-0.15, -0.1) is 12.4 Å². The summed E-state index contributed by atoms with van der Waals surface area (Å²) < 4.78 is 10.9. The minimum atomic E-state index is -0.577. The molecule has 112 heavy (non-hydrogen) atoms. The Labute approximate surface area is 695 Å².